The fourth-order valence-corrected chi connectivity index (χ4v) is 3.53. The van der Waals surface area contributed by atoms with Gasteiger partial charge in [-0.15, -0.1) is 0 Å². The average molecular weight is 266 g/mol. The van der Waals surface area contributed by atoms with Crippen LogP contribution in [0.3, 0.4) is 0 Å². The molecule has 1 spiro atoms. The van der Waals surface area contributed by atoms with Crippen molar-refractivity contribution >= 4 is 11.8 Å². The summed E-state index contributed by atoms with van der Waals surface area (Å²) in [6.45, 7) is 0.871. The molecule has 1 unspecified atom stereocenters. The summed E-state index contributed by atoms with van der Waals surface area (Å²) in [5.41, 5.74) is 4.09. The first kappa shape index (κ1) is 11.5. The van der Waals surface area contributed by atoms with Gasteiger partial charge in [-0.05, 0) is 42.2 Å². The monoisotopic (exact) mass is 266 g/mol. The Morgan fingerprint density at radius 3 is 2.95 bits per heavy atom. The number of nitrogens with zero attached hydrogens (tertiary/aromatic N) is 1. The quantitative estimate of drug-likeness (QED) is 0.831. The molecular weight excluding hydrogens is 252 g/mol. The van der Waals surface area contributed by atoms with E-state index in [-0.39, 0.29) is 5.41 Å². The molecule has 4 nitrogen and oxygen atoms in total. The Balaban J connectivity index is 1.77. The summed E-state index contributed by atoms with van der Waals surface area (Å²) in [5, 5.41) is 12.5. The van der Waals surface area contributed by atoms with Crippen LogP contribution in [0, 0.1) is 0 Å². The maximum absolute atomic E-state index is 11.1. The van der Waals surface area contributed by atoms with Crippen molar-refractivity contribution in [3.05, 3.63) is 58.8 Å². The lowest BCUT2D eigenvalue weighted by molar-refractivity contribution is 0.0697. The van der Waals surface area contributed by atoms with E-state index < -0.39 is 5.97 Å². The largest absolute Gasteiger partial charge is 0.478 e. The Hall–Kier alpha value is -2.36. The minimum atomic E-state index is -0.861. The van der Waals surface area contributed by atoms with Crippen LogP contribution >= 0.6 is 0 Å². The molecular formula is C16H14N2O2. The fourth-order valence-electron chi connectivity index (χ4n) is 3.53. The van der Waals surface area contributed by atoms with Crippen LogP contribution in [0.5, 0.6) is 0 Å². The van der Waals surface area contributed by atoms with Gasteiger partial charge in [-0.25, -0.2) is 9.78 Å². The predicted molar refractivity (Wildman–Crippen MR) is 75.2 cm³/mol. The number of carbonyl (C=O) groups is 1. The SMILES string of the molecule is O=C(O)c1ccc2c(c1)CC1(CNc3ncccc31)C2. The minimum absolute atomic E-state index is 0.0447. The third kappa shape index (κ3) is 1.48. The van der Waals surface area contributed by atoms with Crippen molar-refractivity contribution in [1.82, 2.24) is 4.98 Å². The van der Waals surface area contributed by atoms with Crippen molar-refractivity contribution in [3.63, 3.8) is 0 Å². The molecule has 1 aromatic heterocycles. The van der Waals surface area contributed by atoms with Crippen LogP contribution in [0.2, 0.25) is 0 Å². The molecule has 2 N–H and O–H groups in total. The Morgan fingerprint density at radius 1 is 1.25 bits per heavy atom. The highest BCUT2D eigenvalue weighted by atomic mass is 16.4. The van der Waals surface area contributed by atoms with Crippen molar-refractivity contribution in [2.75, 3.05) is 11.9 Å². The summed E-state index contributed by atoms with van der Waals surface area (Å²) in [5.74, 6) is 0.110. The van der Waals surface area contributed by atoms with Crippen molar-refractivity contribution in [2.24, 2.45) is 0 Å². The smallest absolute Gasteiger partial charge is 0.335 e. The van der Waals surface area contributed by atoms with Crippen LogP contribution in [0.4, 0.5) is 5.82 Å². The summed E-state index contributed by atoms with van der Waals surface area (Å²) in [6.07, 6.45) is 3.64. The molecule has 100 valence electrons. The second kappa shape index (κ2) is 3.82. The Labute approximate surface area is 116 Å². The van der Waals surface area contributed by atoms with Gasteiger partial charge in [0.15, 0.2) is 0 Å². The first-order chi connectivity index (χ1) is 9.68. The Morgan fingerprint density at radius 2 is 2.10 bits per heavy atom. The predicted octanol–water partition coefficient (Wildman–Crippen LogP) is 2.24. The number of aromatic nitrogens is 1. The van der Waals surface area contributed by atoms with Crippen LogP contribution in [0.25, 0.3) is 0 Å². The summed E-state index contributed by atoms with van der Waals surface area (Å²) in [4.78, 5) is 15.5. The minimum Gasteiger partial charge on any atom is -0.478 e. The van der Waals surface area contributed by atoms with Gasteiger partial charge in [0.1, 0.15) is 5.82 Å². The molecule has 2 heterocycles. The number of nitrogens with one attached hydrogen (secondary N) is 1. The highest BCUT2D eigenvalue weighted by Crippen LogP contribution is 2.45. The molecule has 0 saturated carbocycles. The summed E-state index contributed by atoms with van der Waals surface area (Å²) in [6, 6.07) is 9.58. The van der Waals surface area contributed by atoms with E-state index in [2.05, 4.69) is 16.4 Å². The van der Waals surface area contributed by atoms with E-state index >= 15 is 0 Å². The van der Waals surface area contributed by atoms with Crippen molar-refractivity contribution in [3.8, 4) is 0 Å². The van der Waals surface area contributed by atoms with E-state index in [1.807, 2.05) is 18.2 Å². The van der Waals surface area contributed by atoms with Gasteiger partial charge in [0.25, 0.3) is 0 Å². The van der Waals surface area contributed by atoms with Crippen LogP contribution in [-0.4, -0.2) is 22.6 Å². The van der Waals surface area contributed by atoms with Gasteiger partial charge in [-0.3, -0.25) is 0 Å². The van der Waals surface area contributed by atoms with E-state index in [1.165, 1.54) is 11.1 Å². The van der Waals surface area contributed by atoms with Crippen LogP contribution < -0.4 is 5.32 Å². The molecule has 0 saturated heterocycles. The van der Waals surface area contributed by atoms with Gasteiger partial charge in [-0.2, -0.15) is 0 Å². The van der Waals surface area contributed by atoms with Gasteiger partial charge >= 0.3 is 5.97 Å². The van der Waals surface area contributed by atoms with Crippen LogP contribution in [-0.2, 0) is 18.3 Å². The molecule has 2 aliphatic rings. The molecule has 0 amide bonds. The molecule has 4 rings (SSSR count). The molecule has 1 aliphatic carbocycles. The highest BCUT2D eigenvalue weighted by Gasteiger charge is 2.44. The first-order valence-electron chi connectivity index (χ1n) is 6.72. The maximum atomic E-state index is 11.1. The number of aromatic carboxylic acids is 1. The van der Waals surface area contributed by atoms with Gasteiger partial charge in [0.2, 0.25) is 0 Å². The lowest BCUT2D eigenvalue weighted by atomic mass is 9.80. The number of pyridine rings is 1. The van der Waals surface area contributed by atoms with E-state index in [1.54, 1.807) is 12.3 Å². The van der Waals surface area contributed by atoms with E-state index in [4.69, 9.17) is 5.11 Å². The summed E-state index contributed by atoms with van der Waals surface area (Å²) in [7, 11) is 0. The van der Waals surface area contributed by atoms with E-state index in [0.717, 1.165) is 30.8 Å². The summed E-state index contributed by atoms with van der Waals surface area (Å²) < 4.78 is 0. The molecule has 1 aromatic carbocycles. The zero-order valence-corrected chi connectivity index (χ0v) is 10.9. The lowest BCUT2D eigenvalue weighted by Crippen LogP contribution is -2.29. The zero-order chi connectivity index (χ0) is 13.7. The van der Waals surface area contributed by atoms with Gasteiger partial charge in [0.05, 0.1) is 5.56 Å². The molecule has 0 bridgehead atoms. The van der Waals surface area contributed by atoms with E-state index in [9.17, 15) is 4.79 Å². The third-order valence-corrected chi connectivity index (χ3v) is 4.48. The molecule has 1 atom stereocenters. The summed E-state index contributed by atoms with van der Waals surface area (Å²) >= 11 is 0. The van der Waals surface area contributed by atoms with E-state index in [0.29, 0.717) is 5.56 Å². The average Bonchev–Trinajstić information content (AvgIpc) is 3.00. The van der Waals surface area contributed by atoms with Gasteiger partial charge in [-0.1, -0.05) is 12.1 Å². The Bertz CT molecular complexity index is 726. The number of hydrogen-bond donors (Lipinski definition) is 2. The fraction of sp³-hybridized carbons (Fsp3) is 0.250. The van der Waals surface area contributed by atoms with Crippen molar-refractivity contribution < 1.29 is 9.90 Å². The van der Waals surface area contributed by atoms with Crippen LogP contribution in [0.1, 0.15) is 27.0 Å². The number of hydrogen-bond acceptors (Lipinski definition) is 3. The molecule has 4 heteroatoms. The molecule has 1 aliphatic heterocycles. The maximum Gasteiger partial charge on any atom is 0.335 e. The van der Waals surface area contributed by atoms with Gasteiger partial charge in [0, 0.05) is 23.7 Å². The topological polar surface area (TPSA) is 62.2 Å². The lowest BCUT2D eigenvalue weighted by Gasteiger charge is -2.22. The molecule has 0 radical (unpaired) electrons. The molecule has 20 heavy (non-hydrogen) atoms. The highest BCUT2D eigenvalue weighted by molar-refractivity contribution is 5.88. The number of fused-ring (bicyclic) bond motifs is 3. The van der Waals surface area contributed by atoms with Gasteiger partial charge < -0.3 is 10.4 Å². The molecule has 2 aromatic rings. The third-order valence-electron chi connectivity index (χ3n) is 4.48. The second-order valence-corrected chi connectivity index (χ2v) is 5.68. The number of carboxylic acid groups (broad SMARTS) is 1. The van der Waals surface area contributed by atoms with Crippen molar-refractivity contribution in [2.45, 2.75) is 18.3 Å². The molecule has 0 fully saturated rings. The first-order valence-corrected chi connectivity index (χ1v) is 6.72. The van der Waals surface area contributed by atoms with Crippen molar-refractivity contribution in [1.29, 1.82) is 0 Å². The zero-order valence-electron chi connectivity index (χ0n) is 10.9. The standard InChI is InChI=1S/C16H14N2O2/c19-15(20)10-3-4-11-7-16(8-12(11)6-10)9-18-14-13(16)2-1-5-17-14/h1-6H,7-9H2,(H,17,18)(H,19,20). The number of carboxylic acids is 1. The normalized spacial score (nSPS) is 22.4. The number of rotatable bonds is 1. The number of anilines is 1. The number of benzene rings is 1. The second-order valence-electron chi connectivity index (χ2n) is 5.68. The Kier molecular flexibility index (Phi) is 2.19. The van der Waals surface area contributed by atoms with Crippen LogP contribution in [0.15, 0.2) is 36.5 Å².